The summed E-state index contributed by atoms with van der Waals surface area (Å²) in [6.45, 7) is 11.6. The van der Waals surface area contributed by atoms with Crippen LogP contribution >= 0.6 is 0 Å². The number of nitrogens with zero attached hydrogens (tertiary/aromatic N) is 2. The van der Waals surface area contributed by atoms with Crippen molar-refractivity contribution in [2.24, 2.45) is 11.8 Å². The molecule has 0 spiro atoms. The normalized spacial score (nSPS) is 13.0. The number of aromatic nitrogens is 1. The van der Waals surface area contributed by atoms with Crippen molar-refractivity contribution in [3.05, 3.63) is 12.0 Å². The predicted octanol–water partition coefficient (Wildman–Crippen LogP) is 2.90. The zero-order chi connectivity index (χ0) is 13.5. The number of anilines is 1. The van der Waals surface area contributed by atoms with Gasteiger partial charge in [0.05, 0.1) is 5.69 Å². The first-order valence-electron chi connectivity index (χ1n) is 6.89. The van der Waals surface area contributed by atoms with E-state index >= 15 is 0 Å². The predicted molar refractivity (Wildman–Crippen MR) is 75.8 cm³/mol. The second-order valence-electron chi connectivity index (χ2n) is 5.54. The van der Waals surface area contributed by atoms with Gasteiger partial charge in [-0.25, -0.2) is 0 Å². The lowest BCUT2D eigenvalue weighted by Crippen LogP contribution is -2.24. The summed E-state index contributed by atoms with van der Waals surface area (Å²) in [6.07, 6.45) is 2.92. The summed E-state index contributed by atoms with van der Waals surface area (Å²) in [6, 6.07) is 0.719. The summed E-state index contributed by atoms with van der Waals surface area (Å²) in [7, 11) is 2.03. The van der Waals surface area contributed by atoms with Gasteiger partial charge in [0.15, 0.2) is 0 Å². The van der Waals surface area contributed by atoms with Crippen LogP contribution in [0.5, 0.6) is 0 Å². The molecule has 0 bridgehead atoms. The molecular weight excluding hydrogens is 226 g/mol. The lowest BCUT2D eigenvalue weighted by atomic mass is 10.1. The van der Waals surface area contributed by atoms with Gasteiger partial charge in [-0.1, -0.05) is 34.1 Å². The molecule has 1 unspecified atom stereocenters. The molecule has 0 fully saturated rings. The second kappa shape index (κ2) is 7.41. The standard InChI is InChI=1S/C14H27N3O/c1-6-12(4)9-17(5)14-16-13(10-18-14)8-15-7-11(2)3/h10-12,15H,6-9H2,1-5H3. The third-order valence-corrected chi connectivity index (χ3v) is 3.01. The van der Waals surface area contributed by atoms with Crippen molar-refractivity contribution < 1.29 is 4.42 Å². The largest absolute Gasteiger partial charge is 0.432 e. The molecule has 1 atom stereocenters. The van der Waals surface area contributed by atoms with Gasteiger partial charge in [-0.15, -0.1) is 0 Å². The molecule has 0 saturated heterocycles. The average Bonchev–Trinajstić information content (AvgIpc) is 2.77. The van der Waals surface area contributed by atoms with Crippen molar-refractivity contribution >= 4 is 6.01 Å². The lowest BCUT2D eigenvalue weighted by molar-refractivity contribution is 0.501. The molecule has 1 N–H and O–H groups in total. The molecule has 0 aliphatic rings. The summed E-state index contributed by atoms with van der Waals surface area (Å²) in [5.41, 5.74) is 0.974. The van der Waals surface area contributed by atoms with E-state index in [0.29, 0.717) is 11.8 Å². The molecule has 4 heteroatoms. The number of oxazole rings is 1. The Morgan fingerprint density at radius 3 is 2.72 bits per heavy atom. The van der Waals surface area contributed by atoms with Crippen molar-refractivity contribution in [1.29, 1.82) is 0 Å². The van der Waals surface area contributed by atoms with E-state index in [1.165, 1.54) is 6.42 Å². The fraction of sp³-hybridized carbons (Fsp3) is 0.786. The third kappa shape index (κ3) is 5.08. The fourth-order valence-corrected chi connectivity index (χ4v) is 1.72. The van der Waals surface area contributed by atoms with Crippen LogP contribution < -0.4 is 10.2 Å². The van der Waals surface area contributed by atoms with Crippen LogP contribution in [0.15, 0.2) is 10.7 Å². The highest BCUT2D eigenvalue weighted by Gasteiger charge is 2.11. The summed E-state index contributed by atoms with van der Waals surface area (Å²) in [4.78, 5) is 6.57. The van der Waals surface area contributed by atoms with Gasteiger partial charge >= 0.3 is 0 Å². The highest BCUT2D eigenvalue weighted by Crippen LogP contribution is 2.14. The fourth-order valence-electron chi connectivity index (χ4n) is 1.72. The third-order valence-electron chi connectivity index (χ3n) is 3.01. The molecule has 0 aromatic carbocycles. The van der Waals surface area contributed by atoms with Gasteiger partial charge in [-0.2, -0.15) is 4.98 Å². The summed E-state index contributed by atoms with van der Waals surface area (Å²) >= 11 is 0. The van der Waals surface area contributed by atoms with E-state index in [1.54, 1.807) is 6.26 Å². The van der Waals surface area contributed by atoms with Gasteiger partial charge in [0.2, 0.25) is 0 Å². The van der Waals surface area contributed by atoms with E-state index in [4.69, 9.17) is 4.42 Å². The Balaban J connectivity index is 2.42. The first kappa shape index (κ1) is 15.0. The van der Waals surface area contributed by atoms with Gasteiger partial charge in [0.1, 0.15) is 6.26 Å². The minimum absolute atomic E-state index is 0.657. The summed E-state index contributed by atoms with van der Waals surface area (Å²) in [5.74, 6) is 1.31. The zero-order valence-electron chi connectivity index (χ0n) is 12.4. The van der Waals surface area contributed by atoms with Crippen molar-refractivity contribution in [2.45, 2.75) is 40.7 Å². The van der Waals surface area contributed by atoms with Gasteiger partial charge in [-0.05, 0) is 18.4 Å². The minimum Gasteiger partial charge on any atom is -0.432 e. The number of rotatable bonds is 8. The van der Waals surface area contributed by atoms with Crippen LogP contribution in [0, 0.1) is 11.8 Å². The van der Waals surface area contributed by atoms with Crippen LogP contribution in [0.1, 0.15) is 39.8 Å². The Bertz CT molecular complexity index is 336. The maximum Gasteiger partial charge on any atom is 0.297 e. The van der Waals surface area contributed by atoms with Gasteiger partial charge in [-0.3, -0.25) is 0 Å². The molecule has 104 valence electrons. The van der Waals surface area contributed by atoms with Crippen LogP contribution in [0.25, 0.3) is 0 Å². The van der Waals surface area contributed by atoms with E-state index < -0.39 is 0 Å². The highest BCUT2D eigenvalue weighted by atomic mass is 16.4. The van der Waals surface area contributed by atoms with Crippen molar-refractivity contribution in [1.82, 2.24) is 10.3 Å². The van der Waals surface area contributed by atoms with Crippen molar-refractivity contribution in [2.75, 3.05) is 25.0 Å². The van der Waals surface area contributed by atoms with Gasteiger partial charge in [0.25, 0.3) is 6.01 Å². The Morgan fingerprint density at radius 2 is 2.11 bits per heavy atom. The van der Waals surface area contributed by atoms with Crippen LogP contribution in [0.2, 0.25) is 0 Å². The van der Waals surface area contributed by atoms with E-state index in [-0.39, 0.29) is 0 Å². The highest BCUT2D eigenvalue weighted by molar-refractivity contribution is 5.25. The topological polar surface area (TPSA) is 41.3 Å². The van der Waals surface area contributed by atoms with Crippen LogP contribution in [0.3, 0.4) is 0 Å². The summed E-state index contributed by atoms with van der Waals surface area (Å²) in [5, 5.41) is 3.36. The van der Waals surface area contributed by atoms with Crippen molar-refractivity contribution in [3.63, 3.8) is 0 Å². The number of nitrogens with one attached hydrogen (secondary N) is 1. The molecule has 1 rings (SSSR count). The van der Waals surface area contributed by atoms with E-state index in [0.717, 1.165) is 31.3 Å². The van der Waals surface area contributed by atoms with E-state index in [9.17, 15) is 0 Å². The molecular formula is C14H27N3O. The molecule has 0 amide bonds. The average molecular weight is 253 g/mol. The molecule has 1 heterocycles. The van der Waals surface area contributed by atoms with Gasteiger partial charge in [0, 0.05) is 20.1 Å². The molecule has 1 aromatic rings. The Kier molecular flexibility index (Phi) is 6.19. The van der Waals surface area contributed by atoms with E-state index in [2.05, 4.69) is 42.9 Å². The molecule has 4 nitrogen and oxygen atoms in total. The second-order valence-corrected chi connectivity index (χ2v) is 5.54. The Labute approximate surface area is 111 Å². The van der Waals surface area contributed by atoms with Crippen LogP contribution in [-0.2, 0) is 6.54 Å². The first-order valence-corrected chi connectivity index (χ1v) is 6.89. The SMILES string of the molecule is CCC(C)CN(C)c1nc(CNCC(C)C)co1. The molecule has 18 heavy (non-hydrogen) atoms. The maximum atomic E-state index is 5.50. The van der Waals surface area contributed by atoms with E-state index in [1.807, 2.05) is 7.05 Å². The lowest BCUT2D eigenvalue weighted by Gasteiger charge is -2.18. The molecule has 0 saturated carbocycles. The number of hydrogen-bond acceptors (Lipinski definition) is 4. The Morgan fingerprint density at radius 1 is 1.39 bits per heavy atom. The smallest absolute Gasteiger partial charge is 0.297 e. The maximum absolute atomic E-state index is 5.50. The molecule has 1 aromatic heterocycles. The monoisotopic (exact) mass is 253 g/mol. The quantitative estimate of drug-likeness (QED) is 0.773. The summed E-state index contributed by atoms with van der Waals surface area (Å²) < 4.78 is 5.50. The number of hydrogen-bond donors (Lipinski definition) is 1. The van der Waals surface area contributed by atoms with Crippen LogP contribution in [-0.4, -0.2) is 25.1 Å². The minimum atomic E-state index is 0.657. The first-order chi connectivity index (χ1) is 8.52. The molecule has 0 aliphatic heterocycles. The van der Waals surface area contributed by atoms with Crippen LogP contribution in [0.4, 0.5) is 6.01 Å². The van der Waals surface area contributed by atoms with Crippen molar-refractivity contribution in [3.8, 4) is 0 Å². The Hall–Kier alpha value is -1.03. The molecule has 0 radical (unpaired) electrons. The van der Waals surface area contributed by atoms with Gasteiger partial charge < -0.3 is 14.6 Å². The molecule has 0 aliphatic carbocycles. The zero-order valence-corrected chi connectivity index (χ0v) is 12.4.